The number of nitrogens with one attached hydrogen (secondary N) is 1. The Bertz CT molecular complexity index is 428. The summed E-state index contributed by atoms with van der Waals surface area (Å²) in [5, 5.41) is 3.48. The summed E-state index contributed by atoms with van der Waals surface area (Å²) in [6.07, 6.45) is 2.85. The Kier molecular flexibility index (Phi) is 5.91. The second-order valence-electron chi connectivity index (χ2n) is 5.52. The molecule has 0 bridgehead atoms. The van der Waals surface area contributed by atoms with Crippen LogP contribution in [-0.2, 0) is 6.18 Å². The highest BCUT2D eigenvalue weighted by Gasteiger charge is 2.30. The molecule has 0 aliphatic heterocycles. The molecule has 1 N–H and O–H groups in total. The van der Waals surface area contributed by atoms with Crippen molar-refractivity contribution < 1.29 is 17.9 Å². The van der Waals surface area contributed by atoms with Gasteiger partial charge in [-0.25, -0.2) is 0 Å². The molecule has 118 valence electrons. The number of halogens is 3. The van der Waals surface area contributed by atoms with Crippen molar-refractivity contribution in [3.05, 3.63) is 29.8 Å². The van der Waals surface area contributed by atoms with Crippen LogP contribution in [0.1, 0.15) is 44.1 Å². The molecule has 0 spiro atoms. The van der Waals surface area contributed by atoms with Gasteiger partial charge in [0.1, 0.15) is 5.75 Å². The lowest BCUT2D eigenvalue weighted by molar-refractivity contribution is -0.137. The number of hydrogen-bond acceptors (Lipinski definition) is 2. The molecule has 0 radical (unpaired) electrons. The molecule has 2 rings (SSSR count). The number of rotatable bonds is 6. The van der Waals surface area contributed by atoms with E-state index in [0.717, 1.165) is 25.1 Å². The van der Waals surface area contributed by atoms with E-state index in [4.69, 9.17) is 4.74 Å². The van der Waals surface area contributed by atoms with E-state index < -0.39 is 11.7 Å². The Labute approximate surface area is 123 Å². The first-order valence-corrected chi connectivity index (χ1v) is 7.59. The van der Waals surface area contributed by atoms with Crippen LogP contribution in [0.5, 0.6) is 5.75 Å². The van der Waals surface area contributed by atoms with Gasteiger partial charge in [-0.3, -0.25) is 0 Å². The Morgan fingerprint density at radius 2 is 1.90 bits per heavy atom. The zero-order chi connectivity index (χ0) is 15.1. The second kappa shape index (κ2) is 7.69. The summed E-state index contributed by atoms with van der Waals surface area (Å²) in [5.74, 6) is 0.280. The van der Waals surface area contributed by atoms with Gasteiger partial charge in [0, 0.05) is 6.04 Å². The smallest absolute Gasteiger partial charge is 0.416 e. The quantitative estimate of drug-likeness (QED) is 0.787. The van der Waals surface area contributed by atoms with Crippen LogP contribution in [0.3, 0.4) is 0 Å². The molecule has 0 unspecified atom stereocenters. The van der Waals surface area contributed by atoms with Crippen LogP contribution in [-0.4, -0.2) is 19.2 Å². The Balaban J connectivity index is 1.66. The molecule has 21 heavy (non-hydrogen) atoms. The van der Waals surface area contributed by atoms with Gasteiger partial charge in [0.15, 0.2) is 0 Å². The lowest BCUT2D eigenvalue weighted by atomic mass is 9.95. The van der Waals surface area contributed by atoms with Crippen molar-refractivity contribution in [2.75, 3.05) is 13.2 Å². The van der Waals surface area contributed by atoms with Gasteiger partial charge in [-0.05, 0) is 44.0 Å². The lowest BCUT2D eigenvalue weighted by Crippen LogP contribution is -2.32. The average Bonchev–Trinajstić information content (AvgIpc) is 2.47. The summed E-state index contributed by atoms with van der Waals surface area (Å²) in [7, 11) is 0. The number of alkyl halides is 3. The van der Waals surface area contributed by atoms with Crippen molar-refractivity contribution in [2.24, 2.45) is 0 Å². The maximum absolute atomic E-state index is 12.6. The van der Waals surface area contributed by atoms with E-state index in [9.17, 15) is 13.2 Å². The van der Waals surface area contributed by atoms with Crippen molar-refractivity contribution >= 4 is 0 Å². The summed E-state index contributed by atoms with van der Waals surface area (Å²) in [6.45, 7) is 1.28. The van der Waals surface area contributed by atoms with E-state index in [2.05, 4.69) is 5.32 Å². The molecule has 1 fully saturated rings. The molecule has 1 aromatic carbocycles. The van der Waals surface area contributed by atoms with Gasteiger partial charge in [-0.15, -0.1) is 0 Å². The summed E-state index contributed by atoms with van der Waals surface area (Å²) >= 11 is 0. The molecule has 1 saturated carbocycles. The number of hydrogen-bond donors (Lipinski definition) is 1. The van der Waals surface area contributed by atoms with Crippen LogP contribution < -0.4 is 10.1 Å². The van der Waals surface area contributed by atoms with E-state index in [0.29, 0.717) is 12.6 Å². The molecule has 0 aromatic heterocycles. The highest BCUT2D eigenvalue weighted by atomic mass is 19.4. The third-order valence-corrected chi connectivity index (χ3v) is 3.79. The van der Waals surface area contributed by atoms with Crippen LogP contribution in [0.15, 0.2) is 24.3 Å². The highest BCUT2D eigenvalue weighted by molar-refractivity contribution is 5.30. The molecular formula is C16H22F3NO. The Morgan fingerprint density at radius 3 is 2.62 bits per heavy atom. The molecular weight excluding hydrogens is 279 g/mol. The first kappa shape index (κ1) is 16.1. The van der Waals surface area contributed by atoms with Crippen LogP contribution >= 0.6 is 0 Å². The third kappa shape index (κ3) is 5.58. The van der Waals surface area contributed by atoms with Crippen molar-refractivity contribution in [3.63, 3.8) is 0 Å². The van der Waals surface area contributed by atoms with Gasteiger partial charge in [-0.1, -0.05) is 25.3 Å². The van der Waals surface area contributed by atoms with E-state index in [1.54, 1.807) is 6.07 Å². The summed E-state index contributed by atoms with van der Waals surface area (Å²) < 4.78 is 43.0. The SMILES string of the molecule is FC(F)(F)c1cccc(OCCCNC2CCCCC2)c1. The molecule has 1 aromatic rings. The van der Waals surface area contributed by atoms with Crippen LogP contribution in [0.25, 0.3) is 0 Å². The molecule has 0 atom stereocenters. The highest BCUT2D eigenvalue weighted by Crippen LogP contribution is 2.31. The fraction of sp³-hybridized carbons (Fsp3) is 0.625. The summed E-state index contributed by atoms with van der Waals surface area (Å²) in [5.41, 5.74) is -0.666. The molecule has 0 saturated heterocycles. The summed E-state index contributed by atoms with van der Waals surface area (Å²) in [4.78, 5) is 0. The maximum atomic E-state index is 12.6. The zero-order valence-electron chi connectivity index (χ0n) is 12.1. The Hall–Kier alpha value is -1.23. The predicted octanol–water partition coefficient (Wildman–Crippen LogP) is 4.40. The van der Waals surface area contributed by atoms with Gasteiger partial charge < -0.3 is 10.1 Å². The maximum Gasteiger partial charge on any atom is 0.416 e. The third-order valence-electron chi connectivity index (χ3n) is 3.79. The van der Waals surface area contributed by atoms with Gasteiger partial charge in [-0.2, -0.15) is 13.2 Å². The van der Waals surface area contributed by atoms with E-state index in [1.165, 1.54) is 38.2 Å². The first-order chi connectivity index (χ1) is 10.1. The minimum absolute atomic E-state index is 0.280. The van der Waals surface area contributed by atoms with Crippen LogP contribution in [0.4, 0.5) is 13.2 Å². The minimum atomic E-state index is -4.32. The Morgan fingerprint density at radius 1 is 1.14 bits per heavy atom. The average molecular weight is 301 g/mol. The van der Waals surface area contributed by atoms with E-state index >= 15 is 0 Å². The largest absolute Gasteiger partial charge is 0.494 e. The van der Waals surface area contributed by atoms with Crippen molar-refractivity contribution in [1.82, 2.24) is 5.32 Å². The van der Waals surface area contributed by atoms with Crippen LogP contribution in [0, 0.1) is 0 Å². The molecule has 0 heterocycles. The van der Waals surface area contributed by atoms with Gasteiger partial charge >= 0.3 is 6.18 Å². The van der Waals surface area contributed by atoms with Gasteiger partial charge in [0.25, 0.3) is 0 Å². The first-order valence-electron chi connectivity index (χ1n) is 7.59. The zero-order valence-corrected chi connectivity index (χ0v) is 12.1. The molecule has 2 nitrogen and oxygen atoms in total. The second-order valence-corrected chi connectivity index (χ2v) is 5.52. The van der Waals surface area contributed by atoms with Gasteiger partial charge in [0.05, 0.1) is 12.2 Å². The molecule has 1 aliphatic rings. The molecule has 5 heteroatoms. The molecule has 1 aliphatic carbocycles. The monoisotopic (exact) mass is 301 g/mol. The molecule has 0 amide bonds. The minimum Gasteiger partial charge on any atom is -0.494 e. The standard InChI is InChI=1S/C16H22F3NO/c17-16(18,19)13-6-4-9-15(12-13)21-11-5-10-20-14-7-2-1-3-8-14/h4,6,9,12,14,20H,1-3,5,7-8,10-11H2. The lowest BCUT2D eigenvalue weighted by Gasteiger charge is -2.22. The van der Waals surface area contributed by atoms with Crippen molar-refractivity contribution in [1.29, 1.82) is 0 Å². The van der Waals surface area contributed by atoms with Crippen LogP contribution in [0.2, 0.25) is 0 Å². The van der Waals surface area contributed by atoms with Crippen molar-refractivity contribution in [2.45, 2.75) is 50.7 Å². The van der Waals surface area contributed by atoms with Gasteiger partial charge in [0.2, 0.25) is 0 Å². The summed E-state index contributed by atoms with van der Waals surface area (Å²) in [6, 6.07) is 5.64. The predicted molar refractivity (Wildman–Crippen MR) is 76.4 cm³/mol. The number of ether oxygens (including phenoxy) is 1. The van der Waals surface area contributed by atoms with E-state index in [-0.39, 0.29) is 5.75 Å². The van der Waals surface area contributed by atoms with E-state index in [1.807, 2.05) is 0 Å². The fourth-order valence-corrected chi connectivity index (χ4v) is 2.64. The topological polar surface area (TPSA) is 21.3 Å². The fourth-order valence-electron chi connectivity index (χ4n) is 2.64. The normalized spacial score (nSPS) is 16.9. The number of benzene rings is 1. The van der Waals surface area contributed by atoms with Crippen molar-refractivity contribution in [3.8, 4) is 5.75 Å².